The van der Waals surface area contributed by atoms with E-state index < -0.39 is 0 Å². The van der Waals surface area contributed by atoms with Crippen LogP contribution < -0.4 is 10.6 Å². The van der Waals surface area contributed by atoms with Gasteiger partial charge in [0.1, 0.15) is 11.6 Å². The second kappa shape index (κ2) is 4.76. The van der Waals surface area contributed by atoms with Crippen LogP contribution in [0.4, 0.5) is 17.2 Å². The average molecular weight is 271 g/mol. The van der Waals surface area contributed by atoms with Gasteiger partial charge in [0.15, 0.2) is 0 Å². The number of fused-ring (bicyclic) bond motifs is 1. The summed E-state index contributed by atoms with van der Waals surface area (Å²) in [6.45, 7) is 1.30. The highest BCUT2D eigenvalue weighted by atomic mass is 16.6. The highest BCUT2D eigenvalue weighted by Crippen LogP contribution is 2.32. The van der Waals surface area contributed by atoms with E-state index in [1.807, 2.05) is 11.0 Å². The number of benzene rings is 1. The summed E-state index contributed by atoms with van der Waals surface area (Å²) in [5.41, 5.74) is 7.72. The zero-order valence-electron chi connectivity index (χ0n) is 10.7. The van der Waals surface area contributed by atoms with Crippen LogP contribution in [0.3, 0.4) is 0 Å². The van der Waals surface area contributed by atoms with E-state index in [1.165, 1.54) is 0 Å². The lowest BCUT2D eigenvalue weighted by atomic mass is 10.1. The third-order valence-electron chi connectivity index (χ3n) is 3.33. The minimum Gasteiger partial charge on any atom is -0.384 e. The maximum absolute atomic E-state index is 10.9. The number of anilines is 2. The number of nitro benzene ring substituents is 1. The molecule has 0 aliphatic carbocycles. The Kier molecular flexibility index (Phi) is 2.94. The van der Waals surface area contributed by atoms with Crippen LogP contribution in [0.25, 0.3) is 0 Å². The molecular weight excluding hydrogens is 258 g/mol. The summed E-state index contributed by atoms with van der Waals surface area (Å²) in [6.07, 6.45) is 2.48. The molecule has 2 aromatic rings. The Bertz CT molecular complexity index is 674. The number of nitrogens with zero attached hydrogens (tertiary/aromatic N) is 4. The molecule has 2 N–H and O–H groups in total. The van der Waals surface area contributed by atoms with Crippen LogP contribution in [0.5, 0.6) is 0 Å². The quantitative estimate of drug-likeness (QED) is 0.671. The molecule has 1 aliphatic rings. The number of nitro groups is 1. The maximum atomic E-state index is 10.9. The molecular formula is C13H13N5O2. The van der Waals surface area contributed by atoms with Gasteiger partial charge >= 0.3 is 0 Å². The first-order valence-electron chi connectivity index (χ1n) is 6.23. The van der Waals surface area contributed by atoms with E-state index in [0.717, 1.165) is 24.2 Å². The number of rotatable bonds is 3. The lowest BCUT2D eigenvalue weighted by Crippen LogP contribution is -2.21. The van der Waals surface area contributed by atoms with Crippen LogP contribution in [0.15, 0.2) is 30.5 Å². The molecule has 0 unspecified atom stereocenters. The molecule has 1 aromatic heterocycles. The third-order valence-corrected chi connectivity index (χ3v) is 3.33. The zero-order chi connectivity index (χ0) is 14.1. The average Bonchev–Trinajstić information content (AvgIpc) is 2.81. The summed E-state index contributed by atoms with van der Waals surface area (Å²) in [5, 5.41) is 10.9. The number of nitrogens with two attached hydrogens (primary N) is 1. The van der Waals surface area contributed by atoms with E-state index in [1.54, 1.807) is 24.4 Å². The standard InChI is InChI=1S/C13H13N5O2/c14-12-3-5-15-13(16-12)8-17-6-4-9-1-2-10(18(19)20)7-11(9)17/h1-3,5,7H,4,6,8H2,(H2,14,15,16). The van der Waals surface area contributed by atoms with Crippen molar-refractivity contribution in [3.05, 3.63) is 52.0 Å². The van der Waals surface area contributed by atoms with Crippen molar-refractivity contribution in [2.24, 2.45) is 0 Å². The number of hydrogen-bond donors (Lipinski definition) is 1. The van der Waals surface area contributed by atoms with Crippen LogP contribution in [-0.4, -0.2) is 21.4 Å². The monoisotopic (exact) mass is 271 g/mol. The van der Waals surface area contributed by atoms with Crippen molar-refractivity contribution >= 4 is 17.2 Å². The summed E-state index contributed by atoms with van der Waals surface area (Å²) >= 11 is 0. The Balaban J connectivity index is 1.88. The summed E-state index contributed by atoms with van der Waals surface area (Å²) in [4.78, 5) is 20.8. The number of nitrogen functional groups attached to an aromatic ring is 1. The second-order valence-corrected chi connectivity index (χ2v) is 4.64. The van der Waals surface area contributed by atoms with Crippen molar-refractivity contribution in [3.63, 3.8) is 0 Å². The molecule has 0 spiro atoms. The molecule has 0 bridgehead atoms. The molecule has 0 fully saturated rings. The molecule has 2 heterocycles. The Labute approximate surface area is 115 Å². The largest absolute Gasteiger partial charge is 0.384 e. The minimum absolute atomic E-state index is 0.101. The van der Waals surface area contributed by atoms with Gasteiger partial charge in [0.05, 0.1) is 11.5 Å². The minimum atomic E-state index is -0.381. The van der Waals surface area contributed by atoms with Gasteiger partial charge < -0.3 is 10.6 Å². The van der Waals surface area contributed by atoms with Crippen molar-refractivity contribution in [2.45, 2.75) is 13.0 Å². The van der Waals surface area contributed by atoms with Crippen molar-refractivity contribution in [1.29, 1.82) is 0 Å². The molecule has 0 saturated carbocycles. The van der Waals surface area contributed by atoms with Crippen molar-refractivity contribution in [1.82, 2.24) is 9.97 Å². The molecule has 0 saturated heterocycles. The van der Waals surface area contributed by atoms with E-state index in [0.29, 0.717) is 18.2 Å². The molecule has 1 aromatic carbocycles. The highest BCUT2D eigenvalue weighted by Gasteiger charge is 2.22. The van der Waals surface area contributed by atoms with Gasteiger partial charge in [-0.2, -0.15) is 0 Å². The predicted molar refractivity (Wildman–Crippen MR) is 74.3 cm³/mol. The Morgan fingerprint density at radius 2 is 2.25 bits per heavy atom. The van der Waals surface area contributed by atoms with Crippen LogP contribution in [0.2, 0.25) is 0 Å². The molecule has 7 nitrogen and oxygen atoms in total. The van der Waals surface area contributed by atoms with E-state index in [2.05, 4.69) is 9.97 Å². The lowest BCUT2D eigenvalue weighted by molar-refractivity contribution is -0.384. The summed E-state index contributed by atoms with van der Waals surface area (Å²) in [5.74, 6) is 1.04. The van der Waals surface area contributed by atoms with Gasteiger partial charge in [-0.25, -0.2) is 9.97 Å². The van der Waals surface area contributed by atoms with Gasteiger partial charge in [0, 0.05) is 30.6 Å². The van der Waals surface area contributed by atoms with Gasteiger partial charge in [-0.05, 0) is 18.1 Å². The van der Waals surface area contributed by atoms with Crippen LogP contribution in [-0.2, 0) is 13.0 Å². The molecule has 0 radical (unpaired) electrons. The molecule has 7 heteroatoms. The Morgan fingerprint density at radius 1 is 1.40 bits per heavy atom. The Hall–Kier alpha value is -2.70. The first kappa shape index (κ1) is 12.3. The summed E-state index contributed by atoms with van der Waals surface area (Å²) in [6, 6.07) is 6.59. The van der Waals surface area contributed by atoms with Gasteiger partial charge in [0.25, 0.3) is 5.69 Å². The highest BCUT2D eigenvalue weighted by molar-refractivity contribution is 5.62. The number of non-ortho nitro benzene ring substituents is 1. The molecule has 0 atom stereocenters. The fraction of sp³-hybridized carbons (Fsp3) is 0.231. The summed E-state index contributed by atoms with van der Waals surface area (Å²) < 4.78 is 0. The third kappa shape index (κ3) is 2.25. The topological polar surface area (TPSA) is 98.2 Å². The first-order chi connectivity index (χ1) is 9.63. The molecule has 20 heavy (non-hydrogen) atoms. The molecule has 102 valence electrons. The van der Waals surface area contributed by atoms with E-state index in [-0.39, 0.29) is 10.6 Å². The lowest BCUT2D eigenvalue weighted by Gasteiger charge is -2.18. The number of hydrogen-bond acceptors (Lipinski definition) is 6. The first-order valence-corrected chi connectivity index (χ1v) is 6.23. The molecule has 1 aliphatic heterocycles. The second-order valence-electron chi connectivity index (χ2n) is 4.64. The SMILES string of the molecule is Nc1ccnc(CN2CCc3ccc([N+](=O)[O-])cc32)n1. The maximum Gasteiger partial charge on any atom is 0.271 e. The van der Waals surface area contributed by atoms with Crippen LogP contribution in [0, 0.1) is 10.1 Å². The molecule has 3 rings (SSSR count). The zero-order valence-corrected chi connectivity index (χ0v) is 10.7. The number of aromatic nitrogens is 2. The van der Waals surface area contributed by atoms with Crippen molar-refractivity contribution in [2.75, 3.05) is 17.2 Å². The van der Waals surface area contributed by atoms with Crippen molar-refractivity contribution in [3.8, 4) is 0 Å². The normalized spacial score (nSPS) is 13.3. The van der Waals surface area contributed by atoms with E-state index >= 15 is 0 Å². The Morgan fingerprint density at radius 3 is 3.00 bits per heavy atom. The van der Waals surface area contributed by atoms with Crippen molar-refractivity contribution < 1.29 is 4.92 Å². The fourth-order valence-corrected chi connectivity index (χ4v) is 2.37. The van der Waals surface area contributed by atoms with Gasteiger partial charge in [-0.1, -0.05) is 6.07 Å². The van der Waals surface area contributed by atoms with Crippen LogP contribution in [0.1, 0.15) is 11.4 Å². The molecule has 0 amide bonds. The van der Waals surface area contributed by atoms with Crippen LogP contribution >= 0.6 is 0 Å². The van der Waals surface area contributed by atoms with Gasteiger partial charge in [-0.3, -0.25) is 10.1 Å². The van der Waals surface area contributed by atoms with E-state index in [9.17, 15) is 10.1 Å². The van der Waals surface area contributed by atoms with Gasteiger partial charge in [-0.15, -0.1) is 0 Å². The van der Waals surface area contributed by atoms with E-state index in [4.69, 9.17) is 5.73 Å². The fourth-order valence-electron chi connectivity index (χ4n) is 2.37. The predicted octanol–water partition coefficient (Wildman–Crippen LogP) is 1.53. The smallest absolute Gasteiger partial charge is 0.271 e. The summed E-state index contributed by atoms with van der Waals surface area (Å²) in [7, 11) is 0. The van der Waals surface area contributed by atoms with Gasteiger partial charge in [0.2, 0.25) is 0 Å².